The first kappa shape index (κ1) is 20.3. The van der Waals surface area contributed by atoms with Gasteiger partial charge in [-0.25, -0.2) is 14.5 Å². The predicted octanol–water partition coefficient (Wildman–Crippen LogP) is 1.48. The number of amides is 4. The Kier molecular flexibility index (Phi) is 6.44. The second-order valence-electron chi connectivity index (χ2n) is 6.28. The van der Waals surface area contributed by atoms with Gasteiger partial charge in [0.1, 0.15) is 6.04 Å². The van der Waals surface area contributed by atoms with E-state index in [-0.39, 0.29) is 19.4 Å². The predicted molar refractivity (Wildman–Crippen MR) is 94.6 cm³/mol. The van der Waals surface area contributed by atoms with E-state index >= 15 is 0 Å². The van der Waals surface area contributed by atoms with Crippen molar-refractivity contribution in [1.29, 1.82) is 0 Å². The molecule has 1 saturated heterocycles. The number of carbonyl (C=O) groups is 5. The van der Waals surface area contributed by atoms with Gasteiger partial charge in [-0.3, -0.25) is 19.3 Å². The Morgan fingerprint density at radius 1 is 1.07 bits per heavy atom. The first-order valence-electron chi connectivity index (χ1n) is 8.81. The zero-order chi connectivity index (χ0) is 20.1. The molecule has 0 bridgehead atoms. The monoisotopic (exact) mass is 374 g/mol. The molecule has 27 heavy (non-hydrogen) atoms. The van der Waals surface area contributed by atoms with Gasteiger partial charge in [0.05, 0.1) is 0 Å². The summed E-state index contributed by atoms with van der Waals surface area (Å²) in [7, 11) is 0. The molecule has 0 spiro atoms. The number of Topliss-reactive ketones (excluding diaryl/α,β-unsaturated/α-hetero) is 1. The molecule has 8 nitrogen and oxygen atoms in total. The number of urea groups is 1. The standard InChI is InChI=1S/C19H22N2O6/c1-3-10-20-16(23)15(14(22)4-2)17(24)21(19(20)27)13(18(25)26)11-12-8-6-5-7-9-12/h5-9,13,15H,3-4,10-11H2,1-2H3,(H,25,26). The van der Waals surface area contributed by atoms with Crippen LogP contribution in [-0.2, 0) is 25.6 Å². The second-order valence-corrected chi connectivity index (χ2v) is 6.28. The quantitative estimate of drug-likeness (QED) is 0.690. The largest absolute Gasteiger partial charge is 0.480 e. The van der Waals surface area contributed by atoms with Gasteiger partial charge in [-0.1, -0.05) is 44.2 Å². The zero-order valence-corrected chi connectivity index (χ0v) is 15.3. The zero-order valence-electron chi connectivity index (χ0n) is 15.3. The number of carbonyl (C=O) groups excluding carboxylic acids is 4. The van der Waals surface area contributed by atoms with Gasteiger partial charge in [-0.2, -0.15) is 0 Å². The van der Waals surface area contributed by atoms with Crippen LogP contribution in [0.4, 0.5) is 4.79 Å². The Bertz CT molecular complexity index is 761. The van der Waals surface area contributed by atoms with Crippen LogP contribution in [0.1, 0.15) is 32.3 Å². The van der Waals surface area contributed by atoms with Gasteiger partial charge < -0.3 is 5.11 Å². The first-order valence-corrected chi connectivity index (χ1v) is 8.81. The van der Waals surface area contributed by atoms with Crippen LogP contribution in [0, 0.1) is 5.92 Å². The number of barbiturate groups is 1. The molecular formula is C19H22N2O6. The van der Waals surface area contributed by atoms with Crippen LogP contribution in [0.15, 0.2) is 30.3 Å². The second kappa shape index (κ2) is 8.57. The maximum Gasteiger partial charge on any atom is 0.334 e. The summed E-state index contributed by atoms with van der Waals surface area (Å²) in [5, 5.41) is 9.65. The van der Waals surface area contributed by atoms with Crippen LogP contribution in [0.5, 0.6) is 0 Å². The Labute approximate surface area is 156 Å². The molecule has 1 N–H and O–H groups in total. The van der Waals surface area contributed by atoms with E-state index in [0.29, 0.717) is 16.9 Å². The maximum atomic E-state index is 12.8. The van der Waals surface area contributed by atoms with E-state index in [1.807, 2.05) is 0 Å². The minimum atomic E-state index is -1.67. The van der Waals surface area contributed by atoms with Crippen molar-refractivity contribution < 1.29 is 29.1 Å². The molecule has 1 aromatic carbocycles. The highest BCUT2D eigenvalue weighted by Gasteiger charge is 2.51. The van der Waals surface area contributed by atoms with E-state index in [0.717, 1.165) is 4.90 Å². The lowest BCUT2D eigenvalue weighted by Crippen LogP contribution is -2.65. The van der Waals surface area contributed by atoms with Gasteiger partial charge in [-0.05, 0) is 12.0 Å². The average molecular weight is 374 g/mol. The number of benzene rings is 1. The lowest BCUT2D eigenvalue weighted by atomic mass is 9.94. The Morgan fingerprint density at radius 3 is 2.22 bits per heavy atom. The third-order valence-corrected chi connectivity index (χ3v) is 4.42. The number of rotatable bonds is 8. The highest BCUT2D eigenvalue weighted by atomic mass is 16.4. The van der Waals surface area contributed by atoms with Crippen LogP contribution in [-0.4, -0.2) is 57.1 Å². The highest BCUT2D eigenvalue weighted by molar-refractivity contribution is 6.27. The van der Waals surface area contributed by atoms with Gasteiger partial charge in [0, 0.05) is 19.4 Å². The summed E-state index contributed by atoms with van der Waals surface area (Å²) in [5.41, 5.74) is 0.614. The van der Waals surface area contributed by atoms with Crippen LogP contribution in [0.2, 0.25) is 0 Å². The fraction of sp³-hybridized carbons (Fsp3) is 0.421. The fourth-order valence-corrected chi connectivity index (χ4v) is 3.04. The van der Waals surface area contributed by atoms with Crippen LogP contribution in [0.3, 0.4) is 0 Å². The molecule has 1 fully saturated rings. The van der Waals surface area contributed by atoms with Gasteiger partial charge in [0.25, 0.3) is 11.8 Å². The van der Waals surface area contributed by atoms with Gasteiger partial charge in [0.15, 0.2) is 11.7 Å². The number of nitrogens with zero attached hydrogens (tertiary/aromatic N) is 2. The summed E-state index contributed by atoms with van der Waals surface area (Å²) in [6, 6.07) is 6.04. The summed E-state index contributed by atoms with van der Waals surface area (Å²) in [4.78, 5) is 63.5. The molecular weight excluding hydrogens is 352 g/mol. The van der Waals surface area contributed by atoms with E-state index in [2.05, 4.69) is 0 Å². The lowest BCUT2D eigenvalue weighted by Gasteiger charge is -2.38. The smallest absolute Gasteiger partial charge is 0.334 e. The van der Waals surface area contributed by atoms with E-state index in [4.69, 9.17) is 0 Å². The van der Waals surface area contributed by atoms with Crippen molar-refractivity contribution in [3.63, 3.8) is 0 Å². The lowest BCUT2D eigenvalue weighted by molar-refractivity contribution is -0.159. The number of imide groups is 2. The van der Waals surface area contributed by atoms with Crippen molar-refractivity contribution in [2.24, 2.45) is 5.92 Å². The SMILES string of the molecule is CCCN1C(=O)C(C(=O)CC)C(=O)N(C(Cc2ccccc2)C(=O)O)C1=O. The van der Waals surface area contributed by atoms with Crippen LogP contribution in [0.25, 0.3) is 0 Å². The Balaban J connectivity index is 2.46. The maximum absolute atomic E-state index is 12.8. The summed E-state index contributed by atoms with van der Waals surface area (Å²) >= 11 is 0. The van der Waals surface area contributed by atoms with Gasteiger partial charge in [-0.15, -0.1) is 0 Å². The van der Waals surface area contributed by atoms with Gasteiger partial charge in [0.2, 0.25) is 0 Å². The van der Waals surface area contributed by atoms with E-state index in [1.54, 1.807) is 37.3 Å². The number of hydrogen-bond acceptors (Lipinski definition) is 5. The molecule has 4 amide bonds. The topological polar surface area (TPSA) is 112 Å². The summed E-state index contributed by atoms with van der Waals surface area (Å²) in [6.07, 6.45) is 0.235. The average Bonchev–Trinajstić information content (AvgIpc) is 2.65. The Hall–Kier alpha value is -3.03. The van der Waals surface area contributed by atoms with Crippen molar-refractivity contribution in [2.45, 2.75) is 39.2 Å². The van der Waals surface area contributed by atoms with E-state index in [9.17, 15) is 29.1 Å². The third-order valence-electron chi connectivity index (χ3n) is 4.42. The number of hydrogen-bond donors (Lipinski definition) is 1. The Morgan fingerprint density at radius 2 is 1.70 bits per heavy atom. The molecule has 144 valence electrons. The minimum absolute atomic E-state index is 0.00656. The molecule has 1 heterocycles. The molecule has 2 atom stereocenters. The fourth-order valence-electron chi connectivity index (χ4n) is 3.04. The van der Waals surface area contributed by atoms with Crippen molar-refractivity contribution in [3.8, 4) is 0 Å². The number of carboxylic acids is 1. The van der Waals surface area contributed by atoms with Crippen molar-refractivity contribution in [1.82, 2.24) is 9.80 Å². The minimum Gasteiger partial charge on any atom is -0.480 e. The molecule has 2 unspecified atom stereocenters. The van der Waals surface area contributed by atoms with Crippen LogP contribution >= 0.6 is 0 Å². The number of carboxylic acid groups (broad SMARTS) is 1. The first-order chi connectivity index (χ1) is 12.8. The molecule has 0 saturated carbocycles. The molecule has 1 aliphatic rings. The number of ketones is 1. The highest BCUT2D eigenvalue weighted by Crippen LogP contribution is 2.24. The van der Waals surface area contributed by atoms with E-state index in [1.165, 1.54) is 6.92 Å². The molecule has 1 aliphatic heterocycles. The normalized spacial score (nSPS) is 18.6. The van der Waals surface area contributed by atoms with Crippen molar-refractivity contribution in [3.05, 3.63) is 35.9 Å². The molecule has 1 aromatic rings. The molecule has 0 aromatic heterocycles. The summed E-state index contributed by atoms with van der Waals surface area (Å²) in [6.45, 7) is 3.25. The van der Waals surface area contributed by atoms with Crippen molar-refractivity contribution >= 4 is 29.6 Å². The summed E-state index contributed by atoms with van der Waals surface area (Å²) < 4.78 is 0. The van der Waals surface area contributed by atoms with Crippen LogP contribution < -0.4 is 0 Å². The molecule has 0 aliphatic carbocycles. The molecule has 0 radical (unpaired) electrons. The van der Waals surface area contributed by atoms with Crippen molar-refractivity contribution in [2.75, 3.05) is 6.54 Å². The third kappa shape index (κ3) is 4.05. The molecule has 8 heteroatoms. The number of aliphatic carboxylic acids is 1. The van der Waals surface area contributed by atoms with E-state index < -0.39 is 41.6 Å². The van der Waals surface area contributed by atoms with Gasteiger partial charge >= 0.3 is 12.0 Å². The summed E-state index contributed by atoms with van der Waals surface area (Å²) in [5.74, 6) is -5.62. The molecule has 2 rings (SSSR count).